The average Bonchev–Trinajstić information content (AvgIpc) is 2.87. The molecule has 32 heavy (non-hydrogen) atoms. The van der Waals surface area contributed by atoms with Crippen molar-refractivity contribution in [3.8, 4) is 0 Å². The van der Waals surface area contributed by atoms with Gasteiger partial charge in [-0.3, -0.25) is 4.79 Å². The Kier molecular flexibility index (Phi) is 6.69. The summed E-state index contributed by atoms with van der Waals surface area (Å²) in [5, 5.41) is 3.01. The Morgan fingerprint density at radius 3 is 2.34 bits per heavy atom. The highest BCUT2D eigenvalue weighted by Gasteiger charge is 2.52. The largest absolute Gasteiger partial charge is 0.495 e. The quantitative estimate of drug-likeness (QED) is 0.717. The Morgan fingerprint density at radius 1 is 1.16 bits per heavy atom. The molecule has 0 bridgehead atoms. The lowest BCUT2D eigenvalue weighted by Gasteiger charge is -2.33. The summed E-state index contributed by atoms with van der Waals surface area (Å²) < 4.78 is 17.8. The number of piperidine rings is 1. The maximum Gasteiger partial charge on any atom is 0.495 e. The number of amides is 2. The van der Waals surface area contributed by atoms with Gasteiger partial charge in [0.15, 0.2) is 0 Å². The number of carbonyl (C=O) groups excluding carboxylic acids is 2. The van der Waals surface area contributed by atoms with Gasteiger partial charge in [-0.25, -0.2) is 4.79 Å². The summed E-state index contributed by atoms with van der Waals surface area (Å²) in [6, 6.07) is 5.76. The fourth-order valence-corrected chi connectivity index (χ4v) is 3.92. The standard InChI is InChI=1S/C24H37BN2O5/c1-16-14-18(11-12-19(16)25-31-23(5,6)24(7,8)32-25)26-20(28)17-10-9-13-27(15-17)21(29)30-22(2,3)4/h11-12,14,17H,9-10,13,15H2,1-8H3,(H,26,28). The summed E-state index contributed by atoms with van der Waals surface area (Å²) in [7, 11) is -0.439. The first-order chi connectivity index (χ1) is 14.7. The van der Waals surface area contributed by atoms with Crippen molar-refractivity contribution in [3.05, 3.63) is 23.8 Å². The Morgan fingerprint density at radius 2 is 1.78 bits per heavy atom. The van der Waals surface area contributed by atoms with Crippen LogP contribution in [0.15, 0.2) is 18.2 Å². The van der Waals surface area contributed by atoms with E-state index in [-0.39, 0.29) is 17.9 Å². The van der Waals surface area contributed by atoms with E-state index >= 15 is 0 Å². The molecule has 1 aromatic rings. The van der Waals surface area contributed by atoms with Gasteiger partial charge in [-0.05, 0) is 91.4 Å². The van der Waals surface area contributed by atoms with Crippen LogP contribution in [0.5, 0.6) is 0 Å². The number of nitrogens with zero attached hydrogens (tertiary/aromatic N) is 1. The zero-order valence-electron chi connectivity index (χ0n) is 20.7. The summed E-state index contributed by atoms with van der Waals surface area (Å²) >= 11 is 0. The monoisotopic (exact) mass is 444 g/mol. The highest BCUT2D eigenvalue weighted by molar-refractivity contribution is 6.62. The minimum absolute atomic E-state index is 0.0824. The van der Waals surface area contributed by atoms with Gasteiger partial charge in [-0.15, -0.1) is 0 Å². The van der Waals surface area contributed by atoms with Gasteiger partial charge < -0.3 is 24.3 Å². The average molecular weight is 444 g/mol. The third kappa shape index (κ3) is 5.46. The second-order valence-corrected chi connectivity index (χ2v) is 10.9. The van der Waals surface area contributed by atoms with Crippen molar-refractivity contribution >= 4 is 30.3 Å². The lowest BCUT2D eigenvalue weighted by atomic mass is 9.76. The van der Waals surface area contributed by atoms with E-state index in [1.807, 2.05) is 73.6 Å². The molecule has 3 rings (SSSR count). The van der Waals surface area contributed by atoms with Gasteiger partial charge in [0.05, 0.1) is 17.1 Å². The number of likely N-dealkylation sites (tertiary alicyclic amines) is 1. The van der Waals surface area contributed by atoms with Crippen LogP contribution in [-0.2, 0) is 18.8 Å². The summed E-state index contributed by atoms with van der Waals surface area (Å²) in [4.78, 5) is 26.9. The molecular formula is C24H37BN2O5. The van der Waals surface area contributed by atoms with E-state index in [9.17, 15) is 9.59 Å². The molecule has 1 atom stereocenters. The van der Waals surface area contributed by atoms with Crippen LogP contribution in [0.25, 0.3) is 0 Å². The van der Waals surface area contributed by atoms with E-state index in [1.54, 1.807) is 4.90 Å². The number of aryl methyl sites for hydroxylation is 1. The third-order valence-corrected chi connectivity index (χ3v) is 6.49. The summed E-state index contributed by atoms with van der Waals surface area (Å²) in [6.45, 7) is 16.6. The number of nitrogens with one attached hydrogen (secondary N) is 1. The Balaban J connectivity index is 1.63. The van der Waals surface area contributed by atoms with Crippen molar-refractivity contribution in [3.63, 3.8) is 0 Å². The zero-order valence-corrected chi connectivity index (χ0v) is 20.7. The van der Waals surface area contributed by atoms with Gasteiger partial charge in [-0.2, -0.15) is 0 Å². The number of hydrogen-bond acceptors (Lipinski definition) is 5. The smallest absolute Gasteiger partial charge is 0.444 e. The van der Waals surface area contributed by atoms with Crippen LogP contribution in [0.4, 0.5) is 10.5 Å². The van der Waals surface area contributed by atoms with Crippen molar-refractivity contribution in [1.29, 1.82) is 0 Å². The predicted octanol–water partition coefficient (Wildman–Crippen LogP) is 3.88. The van der Waals surface area contributed by atoms with Crippen LogP contribution >= 0.6 is 0 Å². The SMILES string of the molecule is Cc1cc(NC(=O)C2CCCN(C(=O)OC(C)(C)C)C2)ccc1B1OC(C)(C)C(C)(C)O1. The van der Waals surface area contributed by atoms with Crippen LogP contribution in [0.2, 0.25) is 0 Å². The van der Waals surface area contributed by atoms with Crippen molar-refractivity contribution in [1.82, 2.24) is 4.90 Å². The molecule has 2 aliphatic heterocycles. The lowest BCUT2D eigenvalue weighted by molar-refractivity contribution is -0.121. The number of anilines is 1. The number of rotatable bonds is 3. The maximum absolute atomic E-state index is 12.9. The zero-order chi connectivity index (χ0) is 23.9. The minimum atomic E-state index is -0.553. The molecular weight excluding hydrogens is 407 g/mol. The molecule has 8 heteroatoms. The number of carbonyl (C=O) groups is 2. The van der Waals surface area contributed by atoms with Crippen LogP contribution in [0, 0.1) is 12.8 Å². The van der Waals surface area contributed by atoms with Crippen molar-refractivity contribution in [2.75, 3.05) is 18.4 Å². The van der Waals surface area contributed by atoms with Gasteiger partial charge >= 0.3 is 13.2 Å². The van der Waals surface area contributed by atoms with Crippen molar-refractivity contribution in [2.24, 2.45) is 5.92 Å². The normalized spacial score (nSPS) is 22.6. The van der Waals surface area contributed by atoms with Gasteiger partial charge in [0.25, 0.3) is 0 Å². The molecule has 2 aliphatic rings. The van der Waals surface area contributed by atoms with E-state index in [4.69, 9.17) is 14.0 Å². The predicted molar refractivity (Wildman–Crippen MR) is 126 cm³/mol. The first kappa shape index (κ1) is 24.6. The number of benzene rings is 1. The van der Waals surface area contributed by atoms with E-state index < -0.39 is 23.9 Å². The van der Waals surface area contributed by atoms with Gasteiger partial charge in [-0.1, -0.05) is 6.07 Å². The Hall–Kier alpha value is -2.06. The third-order valence-electron chi connectivity index (χ3n) is 6.49. The Labute approximate surface area is 192 Å². The first-order valence-corrected chi connectivity index (χ1v) is 11.4. The fourth-order valence-electron chi connectivity index (χ4n) is 3.92. The summed E-state index contributed by atoms with van der Waals surface area (Å²) in [5.74, 6) is -0.347. The van der Waals surface area contributed by atoms with E-state index in [0.29, 0.717) is 13.1 Å². The molecule has 2 amide bonds. The van der Waals surface area contributed by atoms with Crippen LogP contribution in [-0.4, -0.2) is 53.9 Å². The maximum atomic E-state index is 12.9. The molecule has 2 saturated heterocycles. The molecule has 0 radical (unpaired) electrons. The molecule has 1 N–H and O–H groups in total. The lowest BCUT2D eigenvalue weighted by Crippen LogP contribution is -2.45. The van der Waals surface area contributed by atoms with E-state index in [2.05, 4.69) is 5.32 Å². The van der Waals surface area contributed by atoms with E-state index in [0.717, 1.165) is 29.6 Å². The number of ether oxygens (including phenoxy) is 1. The summed E-state index contributed by atoms with van der Waals surface area (Å²) in [6.07, 6.45) is 1.16. The molecule has 1 unspecified atom stereocenters. The second-order valence-electron chi connectivity index (χ2n) is 10.9. The fraction of sp³-hybridized carbons (Fsp3) is 0.667. The molecule has 0 saturated carbocycles. The molecule has 0 spiro atoms. The van der Waals surface area contributed by atoms with Gasteiger partial charge in [0.2, 0.25) is 5.91 Å². The molecule has 2 heterocycles. The summed E-state index contributed by atoms with van der Waals surface area (Å²) in [5.41, 5.74) is 1.30. The minimum Gasteiger partial charge on any atom is -0.444 e. The molecule has 2 fully saturated rings. The van der Waals surface area contributed by atoms with Crippen LogP contribution in [0.1, 0.15) is 66.9 Å². The highest BCUT2D eigenvalue weighted by Crippen LogP contribution is 2.36. The van der Waals surface area contributed by atoms with Gasteiger partial charge in [0, 0.05) is 18.8 Å². The molecule has 0 aliphatic carbocycles. The first-order valence-electron chi connectivity index (χ1n) is 11.4. The van der Waals surface area contributed by atoms with Crippen LogP contribution < -0.4 is 10.8 Å². The molecule has 1 aromatic carbocycles. The van der Waals surface area contributed by atoms with Crippen molar-refractivity contribution in [2.45, 2.75) is 85.0 Å². The second kappa shape index (κ2) is 8.71. The van der Waals surface area contributed by atoms with E-state index in [1.165, 1.54) is 0 Å². The Bertz CT molecular complexity index is 862. The topological polar surface area (TPSA) is 77.1 Å². The highest BCUT2D eigenvalue weighted by atomic mass is 16.7. The van der Waals surface area contributed by atoms with Crippen molar-refractivity contribution < 1.29 is 23.6 Å². The molecule has 0 aromatic heterocycles. The van der Waals surface area contributed by atoms with Crippen LogP contribution in [0.3, 0.4) is 0 Å². The van der Waals surface area contributed by atoms with Gasteiger partial charge in [0.1, 0.15) is 5.60 Å². The number of hydrogen-bond donors (Lipinski definition) is 1. The molecule has 7 nitrogen and oxygen atoms in total. The molecule has 176 valence electrons.